The Hall–Kier alpha value is -2.32. The number of amides is 1. The van der Waals surface area contributed by atoms with Gasteiger partial charge in [0.2, 0.25) is 0 Å². The molecular formula is C18H19N3O2. The van der Waals surface area contributed by atoms with Crippen LogP contribution in [0.25, 0.3) is 11.0 Å². The molecule has 2 aliphatic rings. The van der Waals surface area contributed by atoms with Crippen molar-refractivity contribution in [3.63, 3.8) is 0 Å². The molecule has 3 atom stereocenters. The van der Waals surface area contributed by atoms with Crippen LogP contribution in [0.4, 0.5) is 0 Å². The maximum Gasteiger partial charge on any atom is 0.270 e. The van der Waals surface area contributed by atoms with Crippen LogP contribution in [0.2, 0.25) is 0 Å². The van der Waals surface area contributed by atoms with Crippen molar-refractivity contribution < 1.29 is 9.21 Å². The SMILES string of the molecule is CC#Cc1coc2cnc(C(=O)N[C@@H]3C[C@@H]4CCN(C4)C3)cc12. The number of nitrogens with zero attached hydrogens (tertiary/aromatic N) is 2. The van der Waals surface area contributed by atoms with Crippen LogP contribution in [0, 0.1) is 17.8 Å². The molecule has 23 heavy (non-hydrogen) atoms. The summed E-state index contributed by atoms with van der Waals surface area (Å²) >= 11 is 0. The molecular weight excluding hydrogens is 290 g/mol. The molecule has 0 aliphatic carbocycles. The number of carbonyl (C=O) groups is 1. The maximum atomic E-state index is 12.5. The lowest BCUT2D eigenvalue weighted by atomic mass is 9.97. The van der Waals surface area contributed by atoms with E-state index in [1.165, 1.54) is 13.0 Å². The lowest BCUT2D eigenvalue weighted by Gasteiger charge is -2.30. The smallest absolute Gasteiger partial charge is 0.270 e. The molecule has 2 bridgehead atoms. The van der Waals surface area contributed by atoms with E-state index in [1.54, 1.807) is 25.5 Å². The summed E-state index contributed by atoms with van der Waals surface area (Å²) in [6, 6.07) is 1.99. The molecule has 2 aromatic heterocycles. The molecule has 4 heterocycles. The molecule has 0 saturated carbocycles. The number of hydrogen-bond donors (Lipinski definition) is 1. The van der Waals surface area contributed by atoms with Gasteiger partial charge in [-0.3, -0.25) is 4.79 Å². The van der Waals surface area contributed by atoms with Crippen LogP contribution < -0.4 is 5.32 Å². The van der Waals surface area contributed by atoms with E-state index in [9.17, 15) is 4.79 Å². The Labute approximate surface area is 135 Å². The molecule has 1 N–H and O–H groups in total. The molecule has 5 heteroatoms. The van der Waals surface area contributed by atoms with Crippen molar-refractivity contribution in [3.05, 3.63) is 29.8 Å². The summed E-state index contributed by atoms with van der Waals surface area (Å²) in [4.78, 5) is 19.2. The van der Waals surface area contributed by atoms with Gasteiger partial charge in [0.1, 0.15) is 12.0 Å². The van der Waals surface area contributed by atoms with E-state index >= 15 is 0 Å². The predicted molar refractivity (Wildman–Crippen MR) is 87.0 cm³/mol. The Morgan fingerprint density at radius 3 is 3.22 bits per heavy atom. The Kier molecular flexibility index (Phi) is 3.55. The number of pyridine rings is 1. The monoisotopic (exact) mass is 309 g/mol. The standard InChI is InChI=1S/C18H19N3O2/c1-2-3-13-11-23-17-8-19-16(7-15(13)17)18(22)20-14-6-12-4-5-21(9-12)10-14/h7-8,11-12,14H,4-6,9-10H2,1H3,(H,20,22)/t12-,14+/m0/s1. The van der Waals surface area contributed by atoms with Gasteiger partial charge in [-0.05, 0) is 38.3 Å². The van der Waals surface area contributed by atoms with Crippen molar-refractivity contribution in [1.29, 1.82) is 0 Å². The highest BCUT2D eigenvalue weighted by Crippen LogP contribution is 2.27. The van der Waals surface area contributed by atoms with Crippen LogP contribution in [0.3, 0.4) is 0 Å². The van der Waals surface area contributed by atoms with Crippen molar-refractivity contribution in [2.45, 2.75) is 25.8 Å². The van der Waals surface area contributed by atoms with Crippen molar-refractivity contribution in [2.75, 3.05) is 19.6 Å². The first kappa shape index (κ1) is 14.3. The molecule has 4 rings (SSSR count). The minimum absolute atomic E-state index is 0.115. The van der Waals surface area contributed by atoms with Crippen molar-refractivity contribution in [3.8, 4) is 11.8 Å². The molecule has 118 valence electrons. The second kappa shape index (κ2) is 5.71. The number of aromatic nitrogens is 1. The van der Waals surface area contributed by atoms with Crippen molar-refractivity contribution >= 4 is 16.9 Å². The zero-order chi connectivity index (χ0) is 15.8. The molecule has 2 saturated heterocycles. The normalized spacial score (nSPS) is 25.9. The molecule has 2 aliphatic heterocycles. The van der Waals surface area contributed by atoms with Crippen LogP contribution in [-0.2, 0) is 0 Å². The highest BCUT2D eigenvalue weighted by Gasteiger charge is 2.33. The fourth-order valence-corrected chi connectivity index (χ4v) is 3.71. The van der Waals surface area contributed by atoms with Gasteiger partial charge >= 0.3 is 0 Å². The highest BCUT2D eigenvalue weighted by molar-refractivity contribution is 5.96. The van der Waals surface area contributed by atoms with Gasteiger partial charge in [-0.15, -0.1) is 5.92 Å². The third kappa shape index (κ3) is 2.71. The minimum Gasteiger partial charge on any atom is -0.461 e. The lowest BCUT2D eigenvalue weighted by Crippen LogP contribution is -2.47. The minimum atomic E-state index is -0.115. The first-order valence-corrected chi connectivity index (χ1v) is 8.06. The average Bonchev–Trinajstić information content (AvgIpc) is 3.10. The summed E-state index contributed by atoms with van der Waals surface area (Å²) in [6.45, 7) is 5.07. The van der Waals surface area contributed by atoms with Gasteiger partial charge in [0.05, 0.1) is 11.8 Å². The Bertz CT molecular complexity index is 803. The number of furan rings is 1. The molecule has 0 spiro atoms. The highest BCUT2D eigenvalue weighted by atomic mass is 16.3. The third-order valence-electron chi connectivity index (χ3n) is 4.76. The molecule has 5 nitrogen and oxygen atoms in total. The largest absolute Gasteiger partial charge is 0.461 e. The molecule has 1 amide bonds. The second-order valence-corrected chi connectivity index (χ2v) is 6.41. The van der Waals surface area contributed by atoms with E-state index < -0.39 is 0 Å². The van der Waals surface area contributed by atoms with E-state index in [0.717, 1.165) is 36.4 Å². The average molecular weight is 309 g/mol. The third-order valence-corrected chi connectivity index (χ3v) is 4.76. The predicted octanol–water partition coefficient (Wildman–Crippen LogP) is 2.02. The maximum absolute atomic E-state index is 12.5. The van der Waals surface area contributed by atoms with E-state index in [0.29, 0.717) is 11.3 Å². The van der Waals surface area contributed by atoms with E-state index in [4.69, 9.17) is 4.42 Å². The number of piperidine rings is 1. The number of hydrogen-bond acceptors (Lipinski definition) is 4. The van der Waals surface area contributed by atoms with E-state index in [2.05, 4.69) is 27.0 Å². The van der Waals surface area contributed by atoms with Gasteiger partial charge in [-0.2, -0.15) is 0 Å². The Morgan fingerprint density at radius 1 is 1.48 bits per heavy atom. The molecule has 1 unspecified atom stereocenters. The van der Waals surface area contributed by atoms with Gasteiger partial charge in [-0.25, -0.2) is 4.98 Å². The summed E-state index contributed by atoms with van der Waals surface area (Å²) in [6.07, 6.45) is 5.53. The van der Waals surface area contributed by atoms with E-state index in [-0.39, 0.29) is 11.9 Å². The van der Waals surface area contributed by atoms with Gasteiger partial charge in [0.25, 0.3) is 5.91 Å². The van der Waals surface area contributed by atoms with Gasteiger partial charge in [0.15, 0.2) is 5.58 Å². The topological polar surface area (TPSA) is 58.4 Å². The first-order chi connectivity index (χ1) is 11.2. The Balaban J connectivity index is 1.54. The molecule has 0 radical (unpaired) electrons. The lowest BCUT2D eigenvalue weighted by molar-refractivity contribution is 0.0904. The fraction of sp³-hybridized carbons (Fsp3) is 0.444. The molecule has 0 aromatic carbocycles. The zero-order valence-electron chi connectivity index (χ0n) is 13.1. The fourth-order valence-electron chi connectivity index (χ4n) is 3.71. The number of carbonyl (C=O) groups excluding carboxylic acids is 1. The van der Waals surface area contributed by atoms with Crippen LogP contribution in [0.5, 0.6) is 0 Å². The zero-order valence-corrected chi connectivity index (χ0v) is 13.1. The van der Waals surface area contributed by atoms with Crippen LogP contribution in [0.15, 0.2) is 22.9 Å². The van der Waals surface area contributed by atoms with Crippen LogP contribution in [0.1, 0.15) is 35.8 Å². The van der Waals surface area contributed by atoms with Crippen LogP contribution >= 0.6 is 0 Å². The number of rotatable bonds is 2. The summed E-state index contributed by atoms with van der Waals surface area (Å²) in [5, 5.41) is 3.97. The van der Waals surface area contributed by atoms with Crippen molar-refractivity contribution in [1.82, 2.24) is 15.2 Å². The summed E-state index contributed by atoms with van der Waals surface area (Å²) in [7, 11) is 0. The van der Waals surface area contributed by atoms with Crippen molar-refractivity contribution in [2.24, 2.45) is 5.92 Å². The van der Waals surface area contributed by atoms with Gasteiger partial charge < -0.3 is 14.6 Å². The second-order valence-electron chi connectivity index (χ2n) is 6.41. The summed E-state index contributed by atoms with van der Waals surface area (Å²) in [5.41, 5.74) is 1.87. The number of fused-ring (bicyclic) bond motifs is 3. The van der Waals surface area contributed by atoms with E-state index in [1.807, 2.05) is 0 Å². The quantitative estimate of drug-likeness (QED) is 0.862. The Morgan fingerprint density at radius 2 is 2.39 bits per heavy atom. The molecule has 2 fully saturated rings. The number of nitrogens with one attached hydrogen (secondary N) is 1. The first-order valence-electron chi connectivity index (χ1n) is 8.06. The van der Waals surface area contributed by atoms with Crippen LogP contribution in [-0.4, -0.2) is 41.5 Å². The summed E-state index contributed by atoms with van der Waals surface area (Å²) < 4.78 is 5.42. The van der Waals surface area contributed by atoms with Gasteiger partial charge in [0, 0.05) is 24.5 Å². The molecule has 2 aromatic rings. The van der Waals surface area contributed by atoms with Gasteiger partial charge in [-0.1, -0.05) is 5.92 Å². The summed E-state index contributed by atoms with van der Waals surface area (Å²) in [5.74, 6) is 6.46.